The van der Waals surface area contributed by atoms with E-state index in [1.807, 2.05) is 5.10 Å². The molecule has 2 rings (SSSR count). The van der Waals surface area contributed by atoms with Gasteiger partial charge in [-0.2, -0.15) is 37.0 Å². The van der Waals surface area contributed by atoms with Crippen molar-refractivity contribution >= 4 is 11.0 Å². The van der Waals surface area contributed by atoms with Gasteiger partial charge in [-0.3, -0.25) is 5.10 Å². The van der Waals surface area contributed by atoms with Gasteiger partial charge in [0.05, 0.1) is 14.2 Å². The van der Waals surface area contributed by atoms with Gasteiger partial charge in [0.2, 0.25) is 5.88 Å². The van der Waals surface area contributed by atoms with Crippen LogP contribution in [0.25, 0.3) is 11.0 Å². The Kier molecular flexibility index (Phi) is 3.14. The van der Waals surface area contributed by atoms with Crippen LogP contribution in [0.5, 0.6) is 11.9 Å². The second-order valence-electron chi connectivity index (χ2n) is 3.59. The van der Waals surface area contributed by atoms with Crippen molar-refractivity contribution < 1.29 is 31.4 Å². The zero-order valence-electron chi connectivity index (χ0n) is 10.0. The number of aromatic amines is 1. The van der Waals surface area contributed by atoms with Gasteiger partial charge in [-0.1, -0.05) is 0 Å². The molecule has 0 saturated heterocycles. The zero-order valence-corrected chi connectivity index (χ0v) is 10.0. The Labute approximate surface area is 107 Å². The molecular formula is C9H7F5N4O2. The second kappa shape index (κ2) is 4.42. The van der Waals surface area contributed by atoms with Gasteiger partial charge < -0.3 is 9.47 Å². The molecule has 0 aliphatic heterocycles. The Balaban J connectivity index is 2.74. The summed E-state index contributed by atoms with van der Waals surface area (Å²) in [5, 5.41) is 4.30. The van der Waals surface area contributed by atoms with E-state index in [2.05, 4.69) is 24.5 Å². The molecule has 0 aromatic carbocycles. The fourth-order valence-electron chi connectivity index (χ4n) is 1.48. The van der Waals surface area contributed by atoms with E-state index in [1.54, 1.807) is 0 Å². The maximum Gasteiger partial charge on any atom is 0.459 e. The molecule has 0 atom stereocenters. The lowest BCUT2D eigenvalue weighted by Crippen LogP contribution is -2.34. The van der Waals surface area contributed by atoms with Crippen molar-refractivity contribution in [3.63, 3.8) is 0 Å². The number of rotatable bonds is 3. The predicted molar refractivity (Wildman–Crippen MR) is 54.7 cm³/mol. The molecule has 11 heteroatoms. The van der Waals surface area contributed by atoms with Crippen LogP contribution in [0.15, 0.2) is 0 Å². The van der Waals surface area contributed by atoms with Crippen molar-refractivity contribution in [2.45, 2.75) is 12.1 Å². The minimum absolute atomic E-state index is 0.264. The van der Waals surface area contributed by atoms with E-state index in [1.165, 1.54) is 7.11 Å². The molecule has 6 nitrogen and oxygen atoms in total. The van der Waals surface area contributed by atoms with Crippen molar-refractivity contribution in [1.29, 1.82) is 0 Å². The van der Waals surface area contributed by atoms with Crippen molar-refractivity contribution in [2.75, 3.05) is 14.2 Å². The summed E-state index contributed by atoms with van der Waals surface area (Å²) in [7, 11) is 2.26. The van der Waals surface area contributed by atoms with Crippen molar-refractivity contribution in [2.24, 2.45) is 0 Å². The Morgan fingerprint density at radius 3 is 2.15 bits per heavy atom. The summed E-state index contributed by atoms with van der Waals surface area (Å²) < 4.78 is 73.3. The smallest absolute Gasteiger partial charge is 0.459 e. The molecule has 0 bridgehead atoms. The molecule has 0 amide bonds. The third kappa shape index (κ3) is 1.98. The van der Waals surface area contributed by atoms with E-state index in [-0.39, 0.29) is 11.7 Å². The molecule has 0 aliphatic rings. The summed E-state index contributed by atoms with van der Waals surface area (Å²) >= 11 is 0. The van der Waals surface area contributed by atoms with E-state index >= 15 is 0 Å². The van der Waals surface area contributed by atoms with E-state index in [4.69, 9.17) is 0 Å². The molecule has 2 aromatic rings. The van der Waals surface area contributed by atoms with Gasteiger partial charge in [0.15, 0.2) is 11.3 Å². The Hall–Kier alpha value is -2.20. The number of alkyl halides is 5. The zero-order chi connectivity index (χ0) is 15.1. The molecule has 0 unspecified atom stereocenters. The quantitative estimate of drug-likeness (QED) is 0.878. The van der Waals surface area contributed by atoms with Gasteiger partial charge in [0.25, 0.3) is 0 Å². The van der Waals surface area contributed by atoms with E-state index in [0.717, 1.165) is 7.11 Å². The highest BCUT2D eigenvalue weighted by atomic mass is 19.4. The fraction of sp³-hybridized carbons (Fsp3) is 0.444. The first-order chi connectivity index (χ1) is 9.22. The maximum absolute atomic E-state index is 13.4. The molecular weight excluding hydrogens is 291 g/mol. The van der Waals surface area contributed by atoms with Crippen LogP contribution in [-0.2, 0) is 5.92 Å². The third-order valence-electron chi connectivity index (χ3n) is 2.40. The van der Waals surface area contributed by atoms with Crippen LogP contribution in [0.1, 0.15) is 5.69 Å². The van der Waals surface area contributed by atoms with Crippen LogP contribution >= 0.6 is 0 Å². The average molecular weight is 298 g/mol. The largest absolute Gasteiger partial charge is 0.480 e. The summed E-state index contributed by atoms with van der Waals surface area (Å²) in [6, 6.07) is -0.264. The lowest BCUT2D eigenvalue weighted by Gasteiger charge is -2.17. The summed E-state index contributed by atoms with van der Waals surface area (Å²) in [6.07, 6.45) is -5.81. The van der Waals surface area contributed by atoms with Gasteiger partial charge >= 0.3 is 18.1 Å². The number of aromatic nitrogens is 4. The van der Waals surface area contributed by atoms with Gasteiger partial charge in [-0.25, -0.2) is 0 Å². The Morgan fingerprint density at radius 1 is 1.00 bits per heavy atom. The lowest BCUT2D eigenvalue weighted by atomic mass is 10.1. The molecule has 1 N–H and O–H groups in total. The highest BCUT2D eigenvalue weighted by Crippen LogP contribution is 2.46. The molecule has 2 aromatic heterocycles. The second-order valence-corrected chi connectivity index (χ2v) is 3.59. The van der Waals surface area contributed by atoms with Crippen LogP contribution in [0.2, 0.25) is 0 Å². The molecule has 0 saturated carbocycles. The number of fused-ring (bicyclic) bond motifs is 1. The summed E-state index contributed by atoms with van der Waals surface area (Å²) in [5.41, 5.74) is -1.91. The first kappa shape index (κ1) is 14.2. The standard InChI is InChI=1S/C9H7F5N4O2/c1-19-6-3-4(8(10,11)9(12,13)14)17-18-5(3)15-7(16-6)20-2/h1-2H3,(H,15,16,17,18). The number of hydrogen-bond donors (Lipinski definition) is 1. The number of H-pyrrole nitrogens is 1. The van der Waals surface area contributed by atoms with Crippen molar-refractivity contribution in [3.05, 3.63) is 5.69 Å². The number of halogens is 5. The first-order valence-electron chi connectivity index (χ1n) is 5.01. The van der Waals surface area contributed by atoms with Crippen LogP contribution in [0, 0.1) is 0 Å². The van der Waals surface area contributed by atoms with Gasteiger partial charge in [-0.05, 0) is 0 Å². The van der Waals surface area contributed by atoms with E-state index in [9.17, 15) is 22.0 Å². The molecule has 0 spiro atoms. The number of ether oxygens (including phenoxy) is 2. The summed E-state index contributed by atoms with van der Waals surface area (Å²) in [5.74, 6) is -5.67. The number of hydrogen-bond acceptors (Lipinski definition) is 5. The maximum atomic E-state index is 13.4. The molecule has 0 fully saturated rings. The normalized spacial score (nSPS) is 12.8. The van der Waals surface area contributed by atoms with E-state index in [0.29, 0.717) is 0 Å². The topological polar surface area (TPSA) is 72.9 Å². The monoisotopic (exact) mass is 298 g/mol. The molecule has 0 radical (unpaired) electrons. The minimum Gasteiger partial charge on any atom is -0.480 e. The van der Waals surface area contributed by atoms with Crippen molar-refractivity contribution in [1.82, 2.24) is 20.2 Å². The molecule has 2 heterocycles. The van der Waals surface area contributed by atoms with Gasteiger partial charge in [-0.15, -0.1) is 0 Å². The highest BCUT2D eigenvalue weighted by molar-refractivity contribution is 5.84. The number of nitrogens with one attached hydrogen (secondary N) is 1. The number of methoxy groups -OCH3 is 2. The number of nitrogens with zero attached hydrogens (tertiary/aromatic N) is 3. The van der Waals surface area contributed by atoms with Crippen LogP contribution in [0.4, 0.5) is 22.0 Å². The van der Waals surface area contributed by atoms with E-state index < -0.39 is 29.1 Å². The molecule has 110 valence electrons. The fourth-order valence-corrected chi connectivity index (χ4v) is 1.48. The van der Waals surface area contributed by atoms with Gasteiger partial charge in [0.1, 0.15) is 5.39 Å². The summed E-state index contributed by atoms with van der Waals surface area (Å²) in [6.45, 7) is 0. The molecule has 0 aliphatic carbocycles. The predicted octanol–water partition coefficient (Wildman–Crippen LogP) is 2.02. The molecule has 20 heavy (non-hydrogen) atoms. The third-order valence-corrected chi connectivity index (χ3v) is 2.40. The Morgan fingerprint density at radius 2 is 1.65 bits per heavy atom. The van der Waals surface area contributed by atoms with Crippen LogP contribution in [-0.4, -0.2) is 40.6 Å². The van der Waals surface area contributed by atoms with Crippen LogP contribution < -0.4 is 9.47 Å². The lowest BCUT2D eigenvalue weighted by molar-refractivity contribution is -0.290. The Bertz CT molecular complexity index is 639. The van der Waals surface area contributed by atoms with Gasteiger partial charge in [0, 0.05) is 0 Å². The minimum atomic E-state index is -5.81. The van der Waals surface area contributed by atoms with Crippen LogP contribution in [0.3, 0.4) is 0 Å². The summed E-state index contributed by atoms with van der Waals surface area (Å²) in [4.78, 5) is 7.14. The first-order valence-corrected chi connectivity index (χ1v) is 5.01. The SMILES string of the molecule is COc1nc(OC)c2c(C(F)(F)C(F)(F)F)n[nH]c2n1. The highest BCUT2D eigenvalue weighted by Gasteiger charge is 2.61. The average Bonchev–Trinajstić information content (AvgIpc) is 2.80. The van der Waals surface area contributed by atoms with Crippen molar-refractivity contribution in [3.8, 4) is 11.9 Å².